The number of fused-ring (bicyclic) bond motifs is 1. The van der Waals surface area contributed by atoms with Crippen LogP contribution in [-0.4, -0.2) is 36.1 Å². The summed E-state index contributed by atoms with van der Waals surface area (Å²) in [6.07, 6.45) is 0. The fourth-order valence-electron chi connectivity index (χ4n) is 2.68. The summed E-state index contributed by atoms with van der Waals surface area (Å²) in [7, 11) is 0. The lowest BCUT2D eigenvalue weighted by Gasteiger charge is -2.18. The smallest absolute Gasteiger partial charge is 0.300 e. The fourth-order valence-corrected chi connectivity index (χ4v) is 2.68. The lowest BCUT2D eigenvalue weighted by Crippen LogP contribution is -2.27. The molecule has 3 aromatic rings. The van der Waals surface area contributed by atoms with Crippen molar-refractivity contribution in [3.63, 3.8) is 0 Å². The molecule has 3 rings (SSSR count). The molecule has 0 fully saturated rings. The number of ether oxygens (including phenoxy) is 1. The minimum absolute atomic E-state index is 0.496. The first-order chi connectivity index (χ1) is 12.2. The van der Waals surface area contributed by atoms with Crippen LogP contribution in [0.2, 0.25) is 0 Å². The van der Waals surface area contributed by atoms with Gasteiger partial charge in [0, 0.05) is 12.2 Å². The molecule has 1 heterocycles. The summed E-state index contributed by atoms with van der Waals surface area (Å²) in [6, 6.07) is 14.3. The molecule has 0 aliphatic carbocycles. The minimum atomic E-state index is 0.496. The van der Waals surface area contributed by atoms with Crippen LogP contribution in [0.4, 0.5) is 11.7 Å². The van der Waals surface area contributed by atoms with Crippen molar-refractivity contribution in [3.05, 3.63) is 48.0 Å². The van der Waals surface area contributed by atoms with Gasteiger partial charge in [-0.1, -0.05) is 19.9 Å². The Hall–Kier alpha value is -2.53. The number of benzene rings is 2. The zero-order valence-corrected chi connectivity index (χ0v) is 15.1. The van der Waals surface area contributed by atoms with E-state index in [1.165, 1.54) is 0 Å². The third-order valence-electron chi connectivity index (χ3n) is 4.22. The third kappa shape index (κ3) is 4.51. The predicted molar refractivity (Wildman–Crippen MR) is 102 cm³/mol. The molecule has 0 amide bonds. The molecule has 0 aliphatic heterocycles. The standard InChI is InChI=1S/C20H25N3O2/c1-4-23(5-2)12-13-24-17-9-7-16(8-10-17)21-20-22-18-11-6-15(3)14-19(18)25-20/h6-11,14H,4-5,12-13H2,1-3H3,(H,21,22). The number of aromatic nitrogens is 1. The molecule has 0 bridgehead atoms. The lowest BCUT2D eigenvalue weighted by atomic mass is 10.2. The molecule has 5 nitrogen and oxygen atoms in total. The average Bonchev–Trinajstić information content (AvgIpc) is 3.01. The van der Waals surface area contributed by atoms with E-state index in [0.29, 0.717) is 12.6 Å². The lowest BCUT2D eigenvalue weighted by molar-refractivity contribution is 0.223. The largest absolute Gasteiger partial charge is 0.492 e. The second kappa shape index (κ2) is 8.03. The molecule has 132 valence electrons. The maximum absolute atomic E-state index is 5.80. The number of oxazole rings is 1. The van der Waals surface area contributed by atoms with Crippen LogP contribution in [0.1, 0.15) is 19.4 Å². The summed E-state index contributed by atoms with van der Waals surface area (Å²) in [6.45, 7) is 10.1. The van der Waals surface area contributed by atoms with Gasteiger partial charge in [-0.15, -0.1) is 0 Å². The second-order valence-electron chi connectivity index (χ2n) is 6.01. The van der Waals surface area contributed by atoms with Gasteiger partial charge in [0.25, 0.3) is 6.01 Å². The monoisotopic (exact) mass is 339 g/mol. The Labute approximate surface area is 148 Å². The van der Waals surface area contributed by atoms with Crippen molar-refractivity contribution in [2.45, 2.75) is 20.8 Å². The van der Waals surface area contributed by atoms with Crippen LogP contribution in [-0.2, 0) is 0 Å². The van der Waals surface area contributed by atoms with Gasteiger partial charge in [-0.25, -0.2) is 0 Å². The molecule has 0 saturated heterocycles. The van der Waals surface area contributed by atoms with Crippen molar-refractivity contribution >= 4 is 22.8 Å². The van der Waals surface area contributed by atoms with Crippen LogP contribution in [0.15, 0.2) is 46.9 Å². The van der Waals surface area contributed by atoms with Crippen molar-refractivity contribution in [3.8, 4) is 5.75 Å². The predicted octanol–water partition coefficient (Wildman–Crippen LogP) is 4.60. The molecule has 2 aromatic carbocycles. The van der Waals surface area contributed by atoms with Crippen molar-refractivity contribution in [1.82, 2.24) is 9.88 Å². The van der Waals surface area contributed by atoms with E-state index in [4.69, 9.17) is 9.15 Å². The Balaban J connectivity index is 1.58. The summed E-state index contributed by atoms with van der Waals surface area (Å²) in [5.41, 5.74) is 3.71. The van der Waals surface area contributed by atoms with E-state index < -0.39 is 0 Å². The second-order valence-corrected chi connectivity index (χ2v) is 6.01. The van der Waals surface area contributed by atoms with E-state index in [9.17, 15) is 0 Å². The first kappa shape index (κ1) is 17.3. The summed E-state index contributed by atoms with van der Waals surface area (Å²) in [5.74, 6) is 0.867. The summed E-state index contributed by atoms with van der Waals surface area (Å²) in [4.78, 5) is 6.78. The van der Waals surface area contributed by atoms with E-state index in [1.807, 2.05) is 49.4 Å². The van der Waals surface area contributed by atoms with Crippen LogP contribution < -0.4 is 10.1 Å². The third-order valence-corrected chi connectivity index (χ3v) is 4.22. The van der Waals surface area contributed by atoms with Gasteiger partial charge in [0.05, 0.1) is 0 Å². The Morgan fingerprint density at radius 1 is 1.08 bits per heavy atom. The van der Waals surface area contributed by atoms with E-state index >= 15 is 0 Å². The molecular formula is C20H25N3O2. The molecule has 0 unspecified atom stereocenters. The number of hydrogen-bond donors (Lipinski definition) is 1. The Morgan fingerprint density at radius 3 is 2.56 bits per heavy atom. The SMILES string of the molecule is CCN(CC)CCOc1ccc(Nc2nc3ccc(C)cc3o2)cc1. The van der Waals surface area contributed by atoms with Gasteiger partial charge in [0.2, 0.25) is 0 Å². The van der Waals surface area contributed by atoms with Gasteiger partial charge >= 0.3 is 0 Å². The molecule has 5 heteroatoms. The van der Waals surface area contributed by atoms with Crippen LogP contribution in [0.5, 0.6) is 5.75 Å². The van der Waals surface area contributed by atoms with Crippen LogP contribution in [0, 0.1) is 6.92 Å². The summed E-state index contributed by atoms with van der Waals surface area (Å²) >= 11 is 0. The van der Waals surface area contributed by atoms with Gasteiger partial charge in [-0.3, -0.25) is 0 Å². The van der Waals surface area contributed by atoms with E-state index in [2.05, 4.69) is 29.0 Å². The number of nitrogens with one attached hydrogen (secondary N) is 1. The molecule has 0 atom stereocenters. The van der Waals surface area contributed by atoms with Crippen molar-refractivity contribution in [2.75, 3.05) is 31.6 Å². The normalized spacial score (nSPS) is 11.2. The zero-order chi connectivity index (χ0) is 17.6. The zero-order valence-electron chi connectivity index (χ0n) is 15.1. The number of rotatable bonds is 8. The summed E-state index contributed by atoms with van der Waals surface area (Å²) in [5, 5.41) is 3.19. The Morgan fingerprint density at radius 2 is 1.84 bits per heavy atom. The first-order valence-corrected chi connectivity index (χ1v) is 8.77. The highest BCUT2D eigenvalue weighted by molar-refractivity contribution is 5.76. The quantitative estimate of drug-likeness (QED) is 0.650. The highest BCUT2D eigenvalue weighted by atomic mass is 16.5. The number of likely N-dealkylation sites (N-methyl/N-ethyl adjacent to an activating group) is 1. The van der Waals surface area contributed by atoms with Crippen LogP contribution >= 0.6 is 0 Å². The van der Waals surface area contributed by atoms with Crippen LogP contribution in [0.25, 0.3) is 11.1 Å². The highest BCUT2D eigenvalue weighted by Crippen LogP contribution is 2.24. The van der Waals surface area contributed by atoms with Gasteiger partial charge in [-0.2, -0.15) is 4.98 Å². The molecule has 25 heavy (non-hydrogen) atoms. The molecule has 0 saturated carbocycles. The molecule has 0 spiro atoms. The fraction of sp³-hybridized carbons (Fsp3) is 0.350. The summed E-state index contributed by atoms with van der Waals surface area (Å²) < 4.78 is 11.5. The van der Waals surface area contributed by atoms with E-state index in [-0.39, 0.29) is 0 Å². The average molecular weight is 339 g/mol. The topological polar surface area (TPSA) is 50.5 Å². The molecular weight excluding hydrogens is 314 g/mol. The van der Waals surface area contributed by atoms with Crippen LogP contribution in [0.3, 0.4) is 0 Å². The van der Waals surface area contributed by atoms with Gasteiger partial charge in [-0.05, 0) is 62.0 Å². The highest BCUT2D eigenvalue weighted by Gasteiger charge is 2.06. The molecule has 1 N–H and O–H groups in total. The Bertz CT molecular complexity index is 807. The maximum atomic E-state index is 5.80. The number of hydrogen-bond acceptors (Lipinski definition) is 5. The number of anilines is 2. The van der Waals surface area contributed by atoms with Crippen molar-refractivity contribution in [1.29, 1.82) is 0 Å². The van der Waals surface area contributed by atoms with Crippen molar-refractivity contribution in [2.24, 2.45) is 0 Å². The van der Waals surface area contributed by atoms with E-state index in [1.54, 1.807) is 0 Å². The molecule has 0 aliphatic rings. The maximum Gasteiger partial charge on any atom is 0.300 e. The minimum Gasteiger partial charge on any atom is -0.492 e. The van der Waals surface area contributed by atoms with Crippen molar-refractivity contribution < 1.29 is 9.15 Å². The van der Waals surface area contributed by atoms with Gasteiger partial charge < -0.3 is 19.4 Å². The van der Waals surface area contributed by atoms with E-state index in [0.717, 1.165) is 47.7 Å². The molecule has 1 aromatic heterocycles. The molecule has 0 radical (unpaired) electrons. The number of aryl methyl sites for hydroxylation is 1. The Kier molecular flexibility index (Phi) is 5.56. The number of nitrogens with zero attached hydrogens (tertiary/aromatic N) is 2. The first-order valence-electron chi connectivity index (χ1n) is 8.77. The van der Waals surface area contributed by atoms with Gasteiger partial charge in [0.15, 0.2) is 5.58 Å². The van der Waals surface area contributed by atoms with Gasteiger partial charge in [0.1, 0.15) is 17.9 Å².